The number of hydrogen-bond acceptors (Lipinski definition) is 2. The first-order valence-corrected chi connectivity index (χ1v) is 5.96. The molecule has 0 heterocycles. The zero-order chi connectivity index (χ0) is 14.3. The van der Waals surface area contributed by atoms with Gasteiger partial charge >= 0.3 is 5.97 Å². The number of carboxylic acids is 1. The molecule has 0 radical (unpaired) electrons. The minimum atomic E-state index is -1.00. The number of rotatable bonds is 7. The van der Waals surface area contributed by atoms with Gasteiger partial charge in [-0.25, -0.2) is 4.79 Å². The van der Waals surface area contributed by atoms with Crippen molar-refractivity contribution >= 4 is 17.6 Å². The molecule has 0 fully saturated rings. The van der Waals surface area contributed by atoms with Gasteiger partial charge < -0.3 is 10.4 Å². The molecule has 0 aliphatic rings. The van der Waals surface area contributed by atoms with Crippen molar-refractivity contribution in [2.75, 3.05) is 5.32 Å². The molecule has 0 saturated heterocycles. The van der Waals surface area contributed by atoms with Gasteiger partial charge in [0, 0.05) is 16.8 Å². The zero-order valence-electron chi connectivity index (χ0n) is 10.7. The average molecular weight is 259 g/mol. The summed E-state index contributed by atoms with van der Waals surface area (Å²) in [4.78, 5) is 22.3. The highest BCUT2D eigenvalue weighted by Gasteiger charge is 2.09. The fraction of sp³-hybridized carbons (Fsp3) is 0.200. The van der Waals surface area contributed by atoms with Crippen molar-refractivity contribution in [1.82, 2.24) is 0 Å². The Kier molecular flexibility index (Phi) is 5.54. The lowest BCUT2D eigenvalue weighted by Gasteiger charge is -2.07. The van der Waals surface area contributed by atoms with Crippen LogP contribution in [0.2, 0.25) is 0 Å². The summed E-state index contributed by atoms with van der Waals surface area (Å²) >= 11 is 0. The van der Waals surface area contributed by atoms with Gasteiger partial charge in [-0.15, -0.1) is 0 Å². The Hall–Kier alpha value is -2.36. The summed E-state index contributed by atoms with van der Waals surface area (Å²) in [5.74, 6) is -1.24. The van der Waals surface area contributed by atoms with Gasteiger partial charge in [-0.05, 0) is 31.4 Å². The Balaban J connectivity index is 2.36. The van der Waals surface area contributed by atoms with Crippen LogP contribution in [0.1, 0.15) is 19.3 Å². The molecule has 0 aliphatic carbocycles. The fourth-order valence-electron chi connectivity index (χ4n) is 1.48. The molecule has 0 saturated carbocycles. The first-order valence-electron chi connectivity index (χ1n) is 5.96. The molecule has 4 nitrogen and oxygen atoms in total. The molecule has 100 valence electrons. The van der Waals surface area contributed by atoms with Gasteiger partial charge in [0.2, 0.25) is 0 Å². The first-order chi connectivity index (χ1) is 9.00. The number of aliphatic carboxylic acids is 1. The smallest absolute Gasteiger partial charge is 0.330 e. The minimum Gasteiger partial charge on any atom is -0.478 e. The molecule has 1 aromatic carbocycles. The third-order valence-electron chi connectivity index (χ3n) is 2.61. The average Bonchev–Trinajstić information content (AvgIpc) is 2.39. The van der Waals surface area contributed by atoms with E-state index in [1.54, 1.807) is 12.1 Å². The Labute approximate surface area is 112 Å². The maximum Gasteiger partial charge on any atom is 0.330 e. The second-order valence-corrected chi connectivity index (χ2v) is 4.19. The number of anilines is 1. The Morgan fingerprint density at radius 2 is 1.63 bits per heavy atom. The lowest BCUT2D eigenvalue weighted by atomic mass is 10.1. The van der Waals surface area contributed by atoms with Crippen molar-refractivity contribution in [3.63, 3.8) is 0 Å². The number of nitrogens with one attached hydrogen (secondary N) is 1. The van der Waals surface area contributed by atoms with Gasteiger partial charge in [0.1, 0.15) is 0 Å². The molecule has 2 N–H and O–H groups in total. The second-order valence-electron chi connectivity index (χ2n) is 4.19. The van der Waals surface area contributed by atoms with E-state index in [-0.39, 0.29) is 11.5 Å². The fourth-order valence-corrected chi connectivity index (χ4v) is 1.48. The lowest BCUT2D eigenvalue weighted by molar-refractivity contribution is -0.132. The Morgan fingerprint density at radius 1 is 1.05 bits per heavy atom. The van der Waals surface area contributed by atoms with Crippen LogP contribution in [-0.4, -0.2) is 17.0 Å². The van der Waals surface area contributed by atoms with Crippen molar-refractivity contribution in [1.29, 1.82) is 0 Å². The van der Waals surface area contributed by atoms with Crippen LogP contribution in [0.3, 0.4) is 0 Å². The summed E-state index contributed by atoms with van der Waals surface area (Å²) in [6, 6.07) is 9.10. The van der Waals surface area contributed by atoms with Crippen molar-refractivity contribution < 1.29 is 14.7 Å². The van der Waals surface area contributed by atoms with Crippen LogP contribution < -0.4 is 5.32 Å². The maximum atomic E-state index is 11.8. The number of benzene rings is 1. The molecule has 1 amide bonds. The summed E-state index contributed by atoms with van der Waals surface area (Å²) in [5.41, 5.74) is 1.29. The number of carbonyl (C=O) groups excluding carboxylic acids is 1. The van der Waals surface area contributed by atoms with E-state index in [1.165, 1.54) is 0 Å². The van der Waals surface area contributed by atoms with Gasteiger partial charge in [-0.1, -0.05) is 31.4 Å². The molecule has 0 spiro atoms. The minimum absolute atomic E-state index is 0.149. The van der Waals surface area contributed by atoms with Gasteiger partial charge in [0.05, 0.1) is 0 Å². The molecule has 0 atom stereocenters. The van der Waals surface area contributed by atoms with Gasteiger partial charge in [-0.2, -0.15) is 0 Å². The van der Waals surface area contributed by atoms with E-state index >= 15 is 0 Å². The van der Waals surface area contributed by atoms with Crippen LogP contribution in [0.25, 0.3) is 0 Å². The zero-order valence-corrected chi connectivity index (χ0v) is 10.7. The summed E-state index contributed by atoms with van der Waals surface area (Å²) in [6.45, 7) is 7.14. The number of amides is 1. The van der Waals surface area contributed by atoms with Crippen LogP contribution in [0, 0.1) is 0 Å². The summed E-state index contributed by atoms with van der Waals surface area (Å²) in [5, 5.41) is 11.4. The Bertz CT molecular complexity index is 491. The quantitative estimate of drug-likeness (QED) is 0.740. The van der Waals surface area contributed by atoms with Crippen LogP contribution in [0.4, 0.5) is 5.69 Å². The van der Waals surface area contributed by atoms with E-state index in [0.717, 1.165) is 0 Å². The molecule has 0 unspecified atom stereocenters. The van der Waals surface area contributed by atoms with Gasteiger partial charge in [0.15, 0.2) is 0 Å². The van der Waals surface area contributed by atoms with E-state index in [9.17, 15) is 9.59 Å². The second kappa shape index (κ2) is 7.16. The SMILES string of the molecule is C=C(CCCC(=C)C(=O)Nc1ccccc1)C(=O)O. The van der Waals surface area contributed by atoms with Crippen LogP contribution in [0.5, 0.6) is 0 Å². The topological polar surface area (TPSA) is 66.4 Å². The number of hydrogen-bond donors (Lipinski definition) is 2. The third kappa shape index (κ3) is 5.21. The van der Waals surface area contributed by atoms with Gasteiger partial charge in [0.25, 0.3) is 5.91 Å². The highest BCUT2D eigenvalue weighted by Crippen LogP contribution is 2.13. The van der Waals surface area contributed by atoms with Crippen LogP contribution in [0.15, 0.2) is 54.6 Å². The van der Waals surface area contributed by atoms with Gasteiger partial charge in [-0.3, -0.25) is 4.79 Å². The lowest BCUT2D eigenvalue weighted by Crippen LogP contribution is -2.13. The molecule has 0 aliphatic heterocycles. The molecule has 0 aromatic heterocycles. The van der Waals surface area contributed by atoms with E-state index in [2.05, 4.69) is 18.5 Å². The van der Waals surface area contributed by atoms with Crippen molar-refractivity contribution in [2.45, 2.75) is 19.3 Å². The standard InChI is InChI=1S/C15H17NO3/c1-11(7-6-8-12(2)15(18)19)14(17)16-13-9-4-3-5-10-13/h3-5,9-10H,1-2,6-8H2,(H,16,17)(H,18,19). The molecule has 1 aromatic rings. The third-order valence-corrected chi connectivity index (χ3v) is 2.61. The molecular weight excluding hydrogens is 242 g/mol. The largest absolute Gasteiger partial charge is 0.478 e. The van der Waals surface area contributed by atoms with Crippen molar-refractivity contribution in [3.05, 3.63) is 54.6 Å². The van der Waals surface area contributed by atoms with E-state index in [4.69, 9.17) is 5.11 Å². The Morgan fingerprint density at radius 3 is 2.21 bits per heavy atom. The molecular formula is C15H17NO3. The summed E-state index contributed by atoms with van der Waals surface area (Å²) in [7, 11) is 0. The monoisotopic (exact) mass is 259 g/mol. The van der Waals surface area contributed by atoms with Crippen LogP contribution in [-0.2, 0) is 9.59 Å². The van der Waals surface area contributed by atoms with E-state index in [1.807, 2.05) is 18.2 Å². The highest BCUT2D eigenvalue weighted by molar-refractivity contribution is 6.03. The van der Waals surface area contributed by atoms with E-state index < -0.39 is 5.97 Å². The molecule has 1 rings (SSSR count). The summed E-state index contributed by atoms with van der Waals surface area (Å²) in [6.07, 6.45) is 1.35. The molecule has 4 heteroatoms. The highest BCUT2D eigenvalue weighted by atomic mass is 16.4. The number of para-hydroxylation sites is 1. The predicted octanol–water partition coefficient (Wildman–Crippen LogP) is 2.99. The normalized spacial score (nSPS) is 9.68. The van der Waals surface area contributed by atoms with E-state index in [0.29, 0.717) is 30.5 Å². The van der Waals surface area contributed by atoms with Crippen molar-refractivity contribution in [2.24, 2.45) is 0 Å². The predicted molar refractivity (Wildman–Crippen MR) is 74.8 cm³/mol. The number of carboxylic acid groups (broad SMARTS) is 1. The van der Waals surface area contributed by atoms with Crippen LogP contribution >= 0.6 is 0 Å². The summed E-state index contributed by atoms with van der Waals surface area (Å²) < 4.78 is 0. The first kappa shape index (κ1) is 14.7. The maximum absolute atomic E-state index is 11.8. The number of carbonyl (C=O) groups is 2. The molecule has 0 bridgehead atoms. The molecule has 19 heavy (non-hydrogen) atoms. The van der Waals surface area contributed by atoms with Crippen molar-refractivity contribution in [3.8, 4) is 0 Å².